The molecule has 0 saturated heterocycles. The maximum Gasteiger partial charge on any atom is 0.143 e. The number of hydrogen-bond donors (Lipinski definition) is 0. The highest BCUT2D eigenvalue weighted by atomic mass is 16.5. The third-order valence-electron chi connectivity index (χ3n) is 13.0. The summed E-state index contributed by atoms with van der Waals surface area (Å²) in [6, 6.07) is 66.5. The summed E-state index contributed by atoms with van der Waals surface area (Å²) >= 11 is 0. The zero-order valence-corrected chi connectivity index (χ0v) is 31.1. The number of benzene rings is 12. The molecular formula is C56H30O2. The van der Waals surface area contributed by atoms with Crippen molar-refractivity contribution in [3.05, 3.63) is 182 Å². The van der Waals surface area contributed by atoms with Gasteiger partial charge < -0.3 is 9.47 Å². The molecule has 0 aromatic heterocycles. The van der Waals surface area contributed by atoms with Crippen LogP contribution in [0.4, 0.5) is 0 Å². The molecule has 0 amide bonds. The Hall–Kier alpha value is -7.68. The van der Waals surface area contributed by atoms with Gasteiger partial charge >= 0.3 is 0 Å². The molecule has 2 heterocycles. The maximum absolute atomic E-state index is 6.77. The van der Waals surface area contributed by atoms with E-state index in [4.69, 9.17) is 9.47 Å². The first kappa shape index (κ1) is 30.5. The van der Waals surface area contributed by atoms with E-state index in [9.17, 15) is 0 Å². The zero-order valence-electron chi connectivity index (χ0n) is 31.1. The lowest BCUT2D eigenvalue weighted by molar-refractivity contribution is 0.492. The van der Waals surface area contributed by atoms with Gasteiger partial charge in [0.15, 0.2) is 0 Å². The standard InChI is InChI=1S/C56H30O2/c1-3-9-35-31(7-1)15-25-47-43-13-5-11-41-39(27-29-49(53(41)43)57-55(35)47)37-21-17-33-20-24-46-38(22-18-34-19-23-45(37)51(33)52(34)46)40-28-30-50-54-42(40)12-6-14-44(54)48-26-16-32-8-2-4-10-36(32)56(48)58-50/h1-30H. The lowest BCUT2D eigenvalue weighted by Crippen LogP contribution is -1.99. The first-order valence-electron chi connectivity index (χ1n) is 20.0. The lowest BCUT2D eigenvalue weighted by atomic mass is 9.84. The third-order valence-corrected chi connectivity index (χ3v) is 13.0. The van der Waals surface area contributed by atoms with Gasteiger partial charge in [-0.15, -0.1) is 0 Å². The number of rotatable bonds is 2. The van der Waals surface area contributed by atoms with Crippen LogP contribution >= 0.6 is 0 Å². The molecule has 0 atom stereocenters. The van der Waals surface area contributed by atoms with Gasteiger partial charge in [0.1, 0.15) is 23.0 Å². The van der Waals surface area contributed by atoms with Crippen LogP contribution in [0.15, 0.2) is 182 Å². The Bertz CT molecular complexity index is 3550. The van der Waals surface area contributed by atoms with Crippen molar-refractivity contribution in [1.29, 1.82) is 0 Å². The average molecular weight is 735 g/mol. The molecule has 0 spiro atoms. The van der Waals surface area contributed by atoms with Gasteiger partial charge in [-0.3, -0.25) is 0 Å². The Kier molecular flexibility index (Phi) is 5.79. The van der Waals surface area contributed by atoms with Crippen molar-refractivity contribution in [2.45, 2.75) is 0 Å². The molecule has 266 valence electrons. The second-order valence-corrected chi connectivity index (χ2v) is 15.9. The SMILES string of the molecule is c1ccc2c3c(ccc2c1)-c1cccc2c(-c4ccc5ccc6c(-c7ccc8c9c(cccc79)-c7ccc9ccccc9c7O8)ccc7ccc4c5c76)ccc(c12)O3. The highest BCUT2D eigenvalue weighted by molar-refractivity contribution is 6.29. The second-order valence-electron chi connectivity index (χ2n) is 15.9. The molecule has 0 saturated carbocycles. The zero-order chi connectivity index (χ0) is 37.6. The molecule has 14 rings (SSSR count). The van der Waals surface area contributed by atoms with Gasteiger partial charge in [0, 0.05) is 32.7 Å². The molecule has 0 fully saturated rings. The quantitative estimate of drug-likeness (QED) is 0.165. The molecule has 2 aliphatic heterocycles. The van der Waals surface area contributed by atoms with Gasteiger partial charge in [-0.1, -0.05) is 158 Å². The van der Waals surface area contributed by atoms with Crippen molar-refractivity contribution in [1.82, 2.24) is 0 Å². The largest absolute Gasteiger partial charge is 0.455 e. The molecule has 12 aromatic carbocycles. The fourth-order valence-electron chi connectivity index (χ4n) is 10.5. The van der Waals surface area contributed by atoms with E-state index in [2.05, 4.69) is 182 Å². The van der Waals surface area contributed by atoms with Crippen LogP contribution in [0, 0.1) is 0 Å². The Morgan fingerprint density at radius 2 is 0.569 bits per heavy atom. The van der Waals surface area contributed by atoms with Gasteiger partial charge in [0.2, 0.25) is 0 Å². The summed E-state index contributed by atoms with van der Waals surface area (Å²) < 4.78 is 13.5. The summed E-state index contributed by atoms with van der Waals surface area (Å²) in [5.41, 5.74) is 9.58. The van der Waals surface area contributed by atoms with Gasteiger partial charge in [-0.25, -0.2) is 0 Å². The molecule has 0 N–H and O–H groups in total. The highest BCUT2D eigenvalue weighted by Gasteiger charge is 2.26. The van der Waals surface area contributed by atoms with E-state index in [0.717, 1.165) is 44.9 Å². The van der Waals surface area contributed by atoms with Gasteiger partial charge in [-0.05, 0) is 112 Å². The summed E-state index contributed by atoms with van der Waals surface area (Å²) in [5, 5.41) is 17.0. The van der Waals surface area contributed by atoms with Gasteiger partial charge in [0.25, 0.3) is 0 Å². The van der Waals surface area contributed by atoms with Crippen molar-refractivity contribution >= 4 is 75.4 Å². The fraction of sp³-hybridized carbons (Fsp3) is 0. The van der Waals surface area contributed by atoms with Gasteiger partial charge in [-0.2, -0.15) is 0 Å². The molecule has 0 radical (unpaired) electrons. The van der Waals surface area contributed by atoms with E-state index in [0.29, 0.717) is 0 Å². The van der Waals surface area contributed by atoms with E-state index in [1.54, 1.807) is 0 Å². The van der Waals surface area contributed by atoms with Crippen LogP contribution in [0.1, 0.15) is 0 Å². The fourth-order valence-corrected chi connectivity index (χ4v) is 10.5. The molecular weight excluding hydrogens is 705 g/mol. The van der Waals surface area contributed by atoms with Crippen LogP contribution in [0.3, 0.4) is 0 Å². The van der Waals surface area contributed by atoms with Crippen molar-refractivity contribution in [3.63, 3.8) is 0 Å². The Morgan fingerprint density at radius 3 is 1.05 bits per heavy atom. The average Bonchev–Trinajstić information content (AvgIpc) is 3.28. The van der Waals surface area contributed by atoms with Crippen LogP contribution in [0.5, 0.6) is 23.0 Å². The van der Waals surface area contributed by atoms with Crippen LogP contribution < -0.4 is 9.47 Å². The van der Waals surface area contributed by atoms with E-state index >= 15 is 0 Å². The lowest BCUT2D eigenvalue weighted by Gasteiger charge is -2.24. The Labute approximate surface area is 333 Å². The van der Waals surface area contributed by atoms with Crippen molar-refractivity contribution in [2.75, 3.05) is 0 Å². The summed E-state index contributed by atoms with van der Waals surface area (Å²) in [7, 11) is 0. The Morgan fingerprint density at radius 1 is 0.207 bits per heavy atom. The number of fused-ring (bicyclic) bond motifs is 8. The first-order valence-corrected chi connectivity index (χ1v) is 20.0. The number of hydrogen-bond acceptors (Lipinski definition) is 2. The normalized spacial score (nSPS) is 12.8. The number of ether oxygens (including phenoxy) is 2. The van der Waals surface area contributed by atoms with E-state index in [1.807, 2.05) is 0 Å². The van der Waals surface area contributed by atoms with Crippen LogP contribution in [0.2, 0.25) is 0 Å². The van der Waals surface area contributed by atoms with Crippen molar-refractivity contribution in [2.24, 2.45) is 0 Å². The summed E-state index contributed by atoms with van der Waals surface area (Å²) in [5.74, 6) is 3.69. The monoisotopic (exact) mass is 734 g/mol. The molecule has 2 aliphatic rings. The Balaban J connectivity index is 0.975. The summed E-state index contributed by atoms with van der Waals surface area (Å²) in [4.78, 5) is 0. The molecule has 0 bridgehead atoms. The smallest absolute Gasteiger partial charge is 0.143 e. The van der Waals surface area contributed by atoms with Gasteiger partial charge in [0.05, 0.1) is 0 Å². The molecule has 58 heavy (non-hydrogen) atoms. The summed E-state index contributed by atoms with van der Waals surface area (Å²) in [6.07, 6.45) is 0. The predicted octanol–water partition coefficient (Wildman–Crippen LogP) is 16.1. The topological polar surface area (TPSA) is 18.5 Å². The minimum atomic E-state index is 0.906. The maximum atomic E-state index is 6.77. The molecule has 2 heteroatoms. The molecule has 0 unspecified atom stereocenters. The van der Waals surface area contributed by atoms with E-state index < -0.39 is 0 Å². The minimum absolute atomic E-state index is 0.906. The van der Waals surface area contributed by atoms with Crippen LogP contribution in [-0.4, -0.2) is 0 Å². The first-order chi connectivity index (χ1) is 28.8. The predicted molar refractivity (Wildman–Crippen MR) is 242 cm³/mol. The summed E-state index contributed by atoms with van der Waals surface area (Å²) in [6.45, 7) is 0. The van der Waals surface area contributed by atoms with Crippen molar-refractivity contribution < 1.29 is 9.47 Å². The molecule has 12 aromatic rings. The molecule has 0 aliphatic carbocycles. The second kappa shape index (κ2) is 11.0. The van der Waals surface area contributed by atoms with Crippen LogP contribution in [0.25, 0.3) is 120 Å². The van der Waals surface area contributed by atoms with Crippen molar-refractivity contribution in [3.8, 4) is 67.5 Å². The van der Waals surface area contributed by atoms with E-state index in [1.165, 1.54) is 98.0 Å². The van der Waals surface area contributed by atoms with Crippen LogP contribution in [-0.2, 0) is 0 Å². The minimum Gasteiger partial charge on any atom is -0.455 e. The van der Waals surface area contributed by atoms with E-state index in [-0.39, 0.29) is 0 Å². The highest BCUT2D eigenvalue weighted by Crippen LogP contribution is 2.54. The molecule has 2 nitrogen and oxygen atoms in total. The third kappa shape index (κ3) is 3.91.